The quantitative estimate of drug-likeness (QED) is 0.302. The molecule has 1 aliphatic rings. The van der Waals surface area contributed by atoms with Gasteiger partial charge in [-0.1, -0.05) is 30.3 Å². The first-order valence-corrected chi connectivity index (χ1v) is 9.44. The van der Waals surface area contributed by atoms with Gasteiger partial charge in [-0.2, -0.15) is 13.2 Å². The van der Waals surface area contributed by atoms with Gasteiger partial charge in [-0.05, 0) is 36.2 Å². The van der Waals surface area contributed by atoms with Gasteiger partial charge in [0, 0.05) is 31.1 Å². The Labute approximate surface area is 190 Å². The van der Waals surface area contributed by atoms with E-state index in [2.05, 4.69) is 20.9 Å². The van der Waals surface area contributed by atoms with E-state index in [1.165, 1.54) is 12.1 Å². The molecular weight excluding hydrogens is 508 g/mol. The van der Waals surface area contributed by atoms with Gasteiger partial charge >= 0.3 is 6.18 Å². The number of alkyl halides is 3. The number of carbonyl (C=O) groups excluding carboxylic acids is 1. The van der Waals surface area contributed by atoms with Gasteiger partial charge in [0.1, 0.15) is 0 Å². The van der Waals surface area contributed by atoms with Gasteiger partial charge in [-0.15, -0.1) is 24.0 Å². The summed E-state index contributed by atoms with van der Waals surface area (Å²) in [6, 6.07) is 12.7. The monoisotopic (exact) mass is 532 g/mol. The fourth-order valence-electron chi connectivity index (χ4n) is 3.22. The third-order valence-electron chi connectivity index (χ3n) is 4.67. The van der Waals surface area contributed by atoms with E-state index in [1.807, 2.05) is 31.2 Å². The number of amides is 1. The number of guanidine groups is 1. The van der Waals surface area contributed by atoms with Crippen molar-refractivity contribution in [2.24, 2.45) is 4.99 Å². The summed E-state index contributed by atoms with van der Waals surface area (Å²) in [7, 11) is 0. The molecule has 0 aromatic heterocycles. The Morgan fingerprint density at radius 3 is 2.50 bits per heavy atom. The molecule has 1 amide bonds. The molecule has 5 nitrogen and oxygen atoms in total. The second-order valence-electron chi connectivity index (χ2n) is 6.81. The molecule has 0 bridgehead atoms. The molecule has 3 rings (SSSR count). The molecule has 9 heteroatoms. The van der Waals surface area contributed by atoms with Gasteiger partial charge in [0.15, 0.2) is 5.96 Å². The van der Waals surface area contributed by atoms with Crippen molar-refractivity contribution in [1.82, 2.24) is 10.6 Å². The predicted molar refractivity (Wildman–Crippen MR) is 122 cm³/mol. The first kappa shape index (κ1) is 24.0. The molecule has 30 heavy (non-hydrogen) atoms. The van der Waals surface area contributed by atoms with Gasteiger partial charge in [-0.3, -0.25) is 4.79 Å². The van der Waals surface area contributed by atoms with Gasteiger partial charge in [0.05, 0.1) is 12.1 Å². The summed E-state index contributed by atoms with van der Waals surface area (Å²) < 4.78 is 38.0. The first-order valence-electron chi connectivity index (χ1n) is 9.44. The van der Waals surface area contributed by atoms with Crippen molar-refractivity contribution < 1.29 is 18.0 Å². The maximum atomic E-state index is 12.7. The average molecular weight is 532 g/mol. The Morgan fingerprint density at radius 2 is 1.83 bits per heavy atom. The molecule has 1 unspecified atom stereocenters. The molecule has 0 radical (unpaired) electrons. The Bertz CT molecular complexity index is 885. The van der Waals surface area contributed by atoms with Gasteiger partial charge in [0.25, 0.3) is 0 Å². The highest BCUT2D eigenvalue weighted by atomic mass is 127. The largest absolute Gasteiger partial charge is 0.416 e. The molecule has 2 aromatic carbocycles. The maximum absolute atomic E-state index is 12.7. The van der Waals surface area contributed by atoms with Crippen molar-refractivity contribution in [2.45, 2.75) is 32.0 Å². The number of anilines is 1. The van der Waals surface area contributed by atoms with Crippen molar-refractivity contribution in [2.75, 3.05) is 18.4 Å². The van der Waals surface area contributed by atoms with Crippen molar-refractivity contribution in [3.8, 4) is 0 Å². The van der Waals surface area contributed by atoms with Crippen LogP contribution in [0.1, 0.15) is 36.0 Å². The summed E-state index contributed by atoms with van der Waals surface area (Å²) in [5.74, 6) is 0.535. The van der Waals surface area contributed by atoms with Crippen LogP contribution in [0, 0.1) is 0 Å². The smallest absolute Gasteiger partial charge is 0.357 e. The SMILES string of the molecule is CCNC(=NCc1ccc(C(F)(F)F)cc1)NCC1CC(=O)Nc2ccccc21.I. The van der Waals surface area contributed by atoms with E-state index in [0.29, 0.717) is 31.0 Å². The van der Waals surface area contributed by atoms with Gasteiger partial charge in [-0.25, -0.2) is 4.99 Å². The Kier molecular flexibility index (Phi) is 8.51. The lowest BCUT2D eigenvalue weighted by atomic mass is 9.90. The fourth-order valence-corrected chi connectivity index (χ4v) is 3.22. The van der Waals surface area contributed by atoms with Crippen LogP contribution >= 0.6 is 24.0 Å². The predicted octanol–water partition coefficient (Wildman–Crippen LogP) is 4.50. The molecule has 0 spiro atoms. The van der Waals surface area contributed by atoms with Crippen LogP contribution in [-0.2, 0) is 17.5 Å². The number of nitrogens with one attached hydrogen (secondary N) is 3. The van der Waals surface area contributed by atoms with Crippen LogP contribution in [0.4, 0.5) is 18.9 Å². The van der Waals surface area contributed by atoms with Crippen LogP contribution in [0.15, 0.2) is 53.5 Å². The maximum Gasteiger partial charge on any atom is 0.416 e. The summed E-state index contributed by atoms with van der Waals surface area (Å²) in [6.45, 7) is 3.33. The van der Waals surface area contributed by atoms with E-state index in [-0.39, 0.29) is 42.3 Å². The number of para-hydroxylation sites is 1. The van der Waals surface area contributed by atoms with E-state index in [1.54, 1.807) is 0 Å². The van der Waals surface area contributed by atoms with E-state index >= 15 is 0 Å². The normalized spacial score (nSPS) is 16.2. The minimum absolute atomic E-state index is 0. The molecule has 2 aromatic rings. The lowest BCUT2D eigenvalue weighted by Gasteiger charge is -2.26. The van der Waals surface area contributed by atoms with E-state index in [9.17, 15) is 18.0 Å². The zero-order chi connectivity index (χ0) is 20.9. The first-order chi connectivity index (χ1) is 13.9. The highest BCUT2D eigenvalue weighted by molar-refractivity contribution is 14.0. The number of aliphatic imine (C=N–C) groups is 1. The van der Waals surface area contributed by atoms with Crippen LogP contribution in [-0.4, -0.2) is 25.0 Å². The lowest BCUT2D eigenvalue weighted by molar-refractivity contribution is -0.137. The Morgan fingerprint density at radius 1 is 1.13 bits per heavy atom. The topological polar surface area (TPSA) is 65.5 Å². The summed E-state index contributed by atoms with van der Waals surface area (Å²) in [5.41, 5.74) is 1.89. The summed E-state index contributed by atoms with van der Waals surface area (Å²) in [5, 5.41) is 9.23. The number of carbonyl (C=O) groups is 1. The van der Waals surface area contributed by atoms with Crippen LogP contribution in [0.3, 0.4) is 0 Å². The number of halogens is 4. The molecule has 162 valence electrons. The average Bonchev–Trinajstić information content (AvgIpc) is 2.69. The van der Waals surface area contributed by atoms with E-state index < -0.39 is 11.7 Å². The summed E-state index contributed by atoms with van der Waals surface area (Å²) >= 11 is 0. The zero-order valence-corrected chi connectivity index (χ0v) is 18.8. The molecule has 0 saturated heterocycles. The third-order valence-corrected chi connectivity index (χ3v) is 4.67. The van der Waals surface area contributed by atoms with Crippen LogP contribution in [0.2, 0.25) is 0 Å². The van der Waals surface area contributed by atoms with Crippen LogP contribution in [0.5, 0.6) is 0 Å². The number of rotatable bonds is 5. The number of fused-ring (bicyclic) bond motifs is 1. The van der Waals surface area contributed by atoms with E-state index in [0.717, 1.165) is 23.4 Å². The zero-order valence-electron chi connectivity index (χ0n) is 16.4. The number of hydrogen-bond acceptors (Lipinski definition) is 2. The summed E-state index contributed by atoms with van der Waals surface area (Å²) in [4.78, 5) is 16.4. The second-order valence-corrected chi connectivity index (χ2v) is 6.81. The van der Waals surface area contributed by atoms with Gasteiger partial charge < -0.3 is 16.0 Å². The molecular formula is C21H24F3IN4O. The van der Waals surface area contributed by atoms with Crippen molar-refractivity contribution >= 4 is 41.5 Å². The van der Waals surface area contributed by atoms with Crippen molar-refractivity contribution in [3.63, 3.8) is 0 Å². The Balaban J connectivity index is 0.00000320. The molecule has 1 atom stereocenters. The number of hydrogen-bond donors (Lipinski definition) is 3. The molecule has 0 aliphatic carbocycles. The van der Waals surface area contributed by atoms with Crippen molar-refractivity contribution in [1.29, 1.82) is 0 Å². The molecule has 3 N–H and O–H groups in total. The standard InChI is InChI=1S/C21H23F3N4O.HI/c1-2-25-20(26-12-14-7-9-16(10-8-14)21(22,23)24)27-13-15-11-19(29)28-18-6-4-3-5-17(15)18;/h3-10,15H,2,11-13H2,1H3,(H,28,29)(H2,25,26,27);1H. The minimum atomic E-state index is -4.35. The molecule has 1 aliphatic heterocycles. The van der Waals surface area contributed by atoms with Crippen molar-refractivity contribution in [3.05, 3.63) is 65.2 Å². The van der Waals surface area contributed by atoms with Crippen LogP contribution < -0.4 is 16.0 Å². The highest BCUT2D eigenvalue weighted by Crippen LogP contribution is 2.31. The number of benzene rings is 2. The Hall–Kier alpha value is -2.30. The molecule has 1 heterocycles. The summed E-state index contributed by atoms with van der Waals surface area (Å²) in [6.07, 6.45) is -3.97. The second kappa shape index (κ2) is 10.6. The lowest BCUT2D eigenvalue weighted by Crippen LogP contribution is -2.40. The molecule has 0 fully saturated rings. The van der Waals surface area contributed by atoms with Gasteiger partial charge in [0.2, 0.25) is 5.91 Å². The fraction of sp³-hybridized carbons (Fsp3) is 0.333. The minimum Gasteiger partial charge on any atom is -0.357 e. The third kappa shape index (κ3) is 6.35. The van der Waals surface area contributed by atoms with Crippen LogP contribution in [0.25, 0.3) is 0 Å². The highest BCUT2D eigenvalue weighted by Gasteiger charge is 2.30. The molecule has 0 saturated carbocycles. The van der Waals surface area contributed by atoms with E-state index in [4.69, 9.17) is 0 Å². The number of nitrogens with zero attached hydrogens (tertiary/aromatic N) is 1.